The summed E-state index contributed by atoms with van der Waals surface area (Å²) in [7, 11) is -3.90. The molecule has 0 aliphatic heterocycles. The lowest BCUT2D eigenvalue weighted by molar-refractivity contribution is -0.122. The third-order valence-corrected chi connectivity index (χ3v) is 5.44. The van der Waals surface area contributed by atoms with Gasteiger partial charge in [-0.3, -0.25) is 4.79 Å². The molecule has 0 spiro atoms. The average Bonchev–Trinajstić information content (AvgIpc) is 2.85. The lowest BCUT2D eigenvalue weighted by Gasteiger charge is -2.13. The van der Waals surface area contributed by atoms with Gasteiger partial charge in [0.2, 0.25) is 5.91 Å². The summed E-state index contributed by atoms with van der Waals surface area (Å²) in [5.74, 6) is -1.62. The van der Waals surface area contributed by atoms with E-state index in [0.717, 1.165) is 6.42 Å². The molecule has 1 amide bonds. The van der Waals surface area contributed by atoms with Crippen LogP contribution in [-0.2, 0) is 14.8 Å². The minimum Gasteiger partial charge on any atom is -0.477 e. The van der Waals surface area contributed by atoms with Crippen molar-refractivity contribution in [2.24, 2.45) is 0 Å². The lowest BCUT2D eigenvalue weighted by atomic mass is 10.3. The van der Waals surface area contributed by atoms with Crippen LogP contribution in [0.5, 0.6) is 0 Å². The van der Waals surface area contributed by atoms with Crippen LogP contribution in [-0.4, -0.2) is 38.0 Å². The molecule has 0 aliphatic rings. The summed E-state index contributed by atoms with van der Waals surface area (Å²) in [6.45, 7) is 3.77. The number of thiophene rings is 1. The zero-order valence-electron chi connectivity index (χ0n) is 11.0. The van der Waals surface area contributed by atoms with Gasteiger partial charge in [0.1, 0.15) is 9.09 Å². The molecule has 1 rings (SSSR count). The Morgan fingerprint density at radius 3 is 2.55 bits per heavy atom. The number of carbonyl (C=O) groups is 2. The smallest absolute Gasteiger partial charge is 0.345 e. The molecule has 1 aromatic rings. The van der Waals surface area contributed by atoms with Crippen molar-refractivity contribution in [3.63, 3.8) is 0 Å². The topological polar surface area (TPSA) is 113 Å². The minimum atomic E-state index is -3.90. The van der Waals surface area contributed by atoms with Crippen LogP contribution < -0.4 is 10.0 Å². The highest BCUT2D eigenvalue weighted by Crippen LogP contribution is 2.21. The molecule has 0 radical (unpaired) electrons. The van der Waals surface area contributed by atoms with E-state index < -0.39 is 27.9 Å². The first kappa shape index (κ1) is 16.6. The van der Waals surface area contributed by atoms with Crippen molar-refractivity contribution in [2.45, 2.75) is 30.5 Å². The van der Waals surface area contributed by atoms with Crippen molar-refractivity contribution in [3.05, 3.63) is 17.0 Å². The molecule has 7 nitrogen and oxygen atoms in total. The molecule has 112 valence electrons. The number of amides is 1. The fraction of sp³-hybridized carbons (Fsp3) is 0.455. The van der Waals surface area contributed by atoms with Crippen LogP contribution >= 0.6 is 11.3 Å². The molecule has 0 saturated carbocycles. The van der Waals surface area contributed by atoms with E-state index >= 15 is 0 Å². The van der Waals surface area contributed by atoms with Crippen molar-refractivity contribution < 1.29 is 23.1 Å². The van der Waals surface area contributed by atoms with E-state index in [0.29, 0.717) is 17.9 Å². The van der Waals surface area contributed by atoms with E-state index in [1.807, 2.05) is 6.92 Å². The second-order valence-corrected chi connectivity index (χ2v) is 7.08. The number of carbonyl (C=O) groups excluding carboxylic acids is 1. The lowest BCUT2D eigenvalue weighted by Crippen LogP contribution is -2.44. The van der Waals surface area contributed by atoms with Gasteiger partial charge in [0.15, 0.2) is 0 Å². The molecule has 1 atom stereocenters. The number of rotatable bonds is 7. The van der Waals surface area contributed by atoms with E-state index in [1.54, 1.807) is 0 Å². The summed E-state index contributed by atoms with van der Waals surface area (Å²) in [4.78, 5) is 22.2. The van der Waals surface area contributed by atoms with Gasteiger partial charge in [-0.1, -0.05) is 6.92 Å². The molecule has 0 saturated heterocycles. The van der Waals surface area contributed by atoms with Crippen LogP contribution in [0.4, 0.5) is 0 Å². The fourth-order valence-electron chi connectivity index (χ4n) is 1.33. The van der Waals surface area contributed by atoms with Gasteiger partial charge in [-0.05, 0) is 25.5 Å². The quantitative estimate of drug-likeness (QED) is 0.682. The Morgan fingerprint density at radius 2 is 2.05 bits per heavy atom. The highest BCUT2D eigenvalue weighted by molar-refractivity contribution is 7.91. The SMILES string of the molecule is CCCNC(=O)C(C)NS(=O)(=O)c1ccc(C(=O)O)s1. The second-order valence-electron chi connectivity index (χ2n) is 4.06. The summed E-state index contributed by atoms with van der Waals surface area (Å²) in [6.07, 6.45) is 0.748. The molecular weight excluding hydrogens is 304 g/mol. The fourth-order valence-corrected chi connectivity index (χ4v) is 3.69. The molecule has 0 aromatic carbocycles. The zero-order valence-corrected chi connectivity index (χ0v) is 12.7. The van der Waals surface area contributed by atoms with Gasteiger partial charge in [0, 0.05) is 6.54 Å². The first-order valence-corrected chi connectivity index (χ1v) is 8.21. The second kappa shape index (κ2) is 6.82. The van der Waals surface area contributed by atoms with Gasteiger partial charge in [-0.2, -0.15) is 4.72 Å². The standard InChI is InChI=1S/C11H16N2O5S2/c1-3-6-12-10(14)7(2)13-20(17,18)9-5-4-8(19-9)11(15)16/h4-5,7,13H,3,6H2,1-2H3,(H,12,14)(H,15,16). The summed E-state index contributed by atoms with van der Waals surface area (Å²) in [6, 6.07) is 1.48. The van der Waals surface area contributed by atoms with Crippen molar-refractivity contribution in [3.8, 4) is 0 Å². The Morgan fingerprint density at radius 1 is 1.40 bits per heavy atom. The number of carboxylic acid groups (broad SMARTS) is 1. The summed E-state index contributed by atoms with van der Waals surface area (Å²) in [5.41, 5.74) is 0. The maximum Gasteiger partial charge on any atom is 0.345 e. The van der Waals surface area contributed by atoms with Gasteiger partial charge in [0.05, 0.1) is 6.04 Å². The molecule has 0 fully saturated rings. The molecule has 1 aromatic heterocycles. The monoisotopic (exact) mass is 320 g/mol. The van der Waals surface area contributed by atoms with E-state index in [4.69, 9.17) is 5.11 Å². The van der Waals surface area contributed by atoms with E-state index in [9.17, 15) is 18.0 Å². The van der Waals surface area contributed by atoms with E-state index in [1.165, 1.54) is 19.1 Å². The third kappa shape index (κ3) is 4.29. The Bertz CT molecular complexity index is 594. The summed E-state index contributed by atoms with van der Waals surface area (Å²) in [5, 5.41) is 11.3. The normalized spacial score (nSPS) is 12.9. The summed E-state index contributed by atoms with van der Waals surface area (Å²) < 4.78 is 26.0. The average molecular weight is 320 g/mol. The van der Waals surface area contributed by atoms with Crippen molar-refractivity contribution in [2.75, 3.05) is 6.54 Å². The Labute approximate surface area is 121 Å². The third-order valence-electron chi connectivity index (χ3n) is 2.33. The molecule has 9 heteroatoms. The molecule has 3 N–H and O–H groups in total. The van der Waals surface area contributed by atoms with Gasteiger partial charge >= 0.3 is 5.97 Å². The largest absolute Gasteiger partial charge is 0.477 e. The number of sulfonamides is 1. The number of carboxylic acids is 1. The number of hydrogen-bond donors (Lipinski definition) is 3. The number of nitrogens with one attached hydrogen (secondary N) is 2. The first-order chi connectivity index (χ1) is 9.27. The molecule has 1 heterocycles. The highest BCUT2D eigenvalue weighted by Gasteiger charge is 2.24. The first-order valence-electron chi connectivity index (χ1n) is 5.91. The highest BCUT2D eigenvalue weighted by atomic mass is 32.2. The van der Waals surface area contributed by atoms with Crippen LogP contribution in [0.25, 0.3) is 0 Å². The minimum absolute atomic E-state index is 0.0755. The van der Waals surface area contributed by atoms with Crippen LogP contribution in [0.2, 0.25) is 0 Å². The Hall–Kier alpha value is -1.45. The Kier molecular flexibility index (Phi) is 5.66. The molecule has 1 unspecified atom stereocenters. The molecule has 0 aliphatic carbocycles. The van der Waals surface area contributed by atoms with Crippen molar-refractivity contribution >= 4 is 33.2 Å². The predicted octanol–water partition coefficient (Wildman–Crippen LogP) is 0.639. The molecular formula is C11H16N2O5S2. The van der Waals surface area contributed by atoms with Crippen LogP contribution in [0.1, 0.15) is 29.9 Å². The van der Waals surface area contributed by atoms with Crippen LogP contribution in [0, 0.1) is 0 Å². The van der Waals surface area contributed by atoms with Crippen molar-refractivity contribution in [1.29, 1.82) is 0 Å². The maximum atomic E-state index is 12.0. The zero-order chi connectivity index (χ0) is 15.3. The van der Waals surface area contributed by atoms with E-state index in [2.05, 4.69) is 10.0 Å². The maximum absolute atomic E-state index is 12.0. The van der Waals surface area contributed by atoms with Gasteiger partial charge in [-0.15, -0.1) is 11.3 Å². The van der Waals surface area contributed by atoms with Gasteiger partial charge in [0.25, 0.3) is 10.0 Å². The number of hydrogen-bond acceptors (Lipinski definition) is 5. The summed E-state index contributed by atoms with van der Waals surface area (Å²) >= 11 is 0.638. The van der Waals surface area contributed by atoms with Gasteiger partial charge < -0.3 is 10.4 Å². The number of aromatic carboxylic acids is 1. The van der Waals surface area contributed by atoms with Crippen LogP contribution in [0.3, 0.4) is 0 Å². The van der Waals surface area contributed by atoms with Crippen LogP contribution in [0.15, 0.2) is 16.3 Å². The van der Waals surface area contributed by atoms with E-state index in [-0.39, 0.29) is 9.09 Å². The van der Waals surface area contributed by atoms with Gasteiger partial charge in [-0.25, -0.2) is 13.2 Å². The van der Waals surface area contributed by atoms with Crippen molar-refractivity contribution in [1.82, 2.24) is 10.0 Å². The molecule has 20 heavy (non-hydrogen) atoms. The predicted molar refractivity (Wildman–Crippen MR) is 74.4 cm³/mol. The molecule has 0 bridgehead atoms. The Balaban J connectivity index is 2.78.